The van der Waals surface area contributed by atoms with Crippen molar-refractivity contribution in [2.75, 3.05) is 25.6 Å². The van der Waals surface area contributed by atoms with Crippen molar-refractivity contribution >= 4 is 17.5 Å². The molecule has 6 nitrogen and oxygen atoms in total. The van der Waals surface area contributed by atoms with E-state index in [1.165, 1.54) is 0 Å². The SMILES string of the molecule is CCCCN1C(=O)CC[C@@H](C(=O)Nc2ccccc2OCC)[C@@H]1c1ccccc1OC. The number of hydrogen-bond acceptors (Lipinski definition) is 4. The van der Waals surface area contributed by atoms with Gasteiger partial charge in [-0.3, -0.25) is 9.59 Å². The van der Waals surface area contributed by atoms with Crippen LogP contribution in [0.5, 0.6) is 11.5 Å². The zero-order chi connectivity index (χ0) is 22.2. The van der Waals surface area contributed by atoms with E-state index in [2.05, 4.69) is 12.2 Å². The smallest absolute Gasteiger partial charge is 0.230 e. The number of benzene rings is 2. The molecule has 3 rings (SSSR count). The third-order valence-corrected chi connectivity index (χ3v) is 5.70. The van der Waals surface area contributed by atoms with Gasteiger partial charge in [0.2, 0.25) is 11.8 Å². The third kappa shape index (κ3) is 5.19. The number of nitrogens with zero attached hydrogens (tertiary/aromatic N) is 1. The van der Waals surface area contributed by atoms with Gasteiger partial charge in [-0.2, -0.15) is 0 Å². The lowest BCUT2D eigenvalue weighted by molar-refractivity contribution is -0.142. The summed E-state index contributed by atoms with van der Waals surface area (Å²) in [6.07, 6.45) is 2.72. The number of carbonyl (C=O) groups is 2. The fourth-order valence-electron chi connectivity index (χ4n) is 4.19. The van der Waals surface area contributed by atoms with E-state index in [0.717, 1.165) is 18.4 Å². The minimum Gasteiger partial charge on any atom is -0.496 e. The highest BCUT2D eigenvalue weighted by molar-refractivity contribution is 5.96. The van der Waals surface area contributed by atoms with Crippen molar-refractivity contribution < 1.29 is 19.1 Å². The Morgan fingerprint density at radius 2 is 1.81 bits per heavy atom. The van der Waals surface area contributed by atoms with Crippen LogP contribution >= 0.6 is 0 Å². The number of piperidine rings is 1. The number of nitrogens with one attached hydrogen (secondary N) is 1. The van der Waals surface area contributed by atoms with Crippen molar-refractivity contribution in [3.63, 3.8) is 0 Å². The van der Waals surface area contributed by atoms with Crippen LogP contribution in [0.15, 0.2) is 48.5 Å². The second-order valence-electron chi connectivity index (χ2n) is 7.69. The van der Waals surface area contributed by atoms with Crippen LogP contribution in [0.3, 0.4) is 0 Å². The Hall–Kier alpha value is -3.02. The molecule has 2 atom stereocenters. The first-order valence-corrected chi connectivity index (χ1v) is 11.1. The lowest BCUT2D eigenvalue weighted by atomic mass is 9.83. The van der Waals surface area contributed by atoms with Crippen molar-refractivity contribution in [2.24, 2.45) is 5.92 Å². The average Bonchev–Trinajstić information content (AvgIpc) is 2.79. The molecular formula is C25H32N2O4. The fourth-order valence-corrected chi connectivity index (χ4v) is 4.19. The Labute approximate surface area is 184 Å². The highest BCUT2D eigenvalue weighted by atomic mass is 16.5. The van der Waals surface area contributed by atoms with E-state index in [9.17, 15) is 9.59 Å². The summed E-state index contributed by atoms with van der Waals surface area (Å²) in [6, 6.07) is 14.7. The van der Waals surface area contributed by atoms with Gasteiger partial charge in [0.15, 0.2) is 0 Å². The van der Waals surface area contributed by atoms with Crippen LogP contribution in [0.2, 0.25) is 0 Å². The summed E-state index contributed by atoms with van der Waals surface area (Å²) in [5, 5.41) is 3.05. The number of amides is 2. The second kappa shape index (κ2) is 10.8. The molecule has 166 valence electrons. The number of methoxy groups -OCH3 is 1. The van der Waals surface area contributed by atoms with Crippen LogP contribution in [-0.2, 0) is 9.59 Å². The normalized spacial score (nSPS) is 18.5. The molecule has 0 radical (unpaired) electrons. The molecule has 1 saturated heterocycles. The van der Waals surface area contributed by atoms with Crippen molar-refractivity contribution in [3.05, 3.63) is 54.1 Å². The largest absolute Gasteiger partial charge is 0.496 e. The molecule has 2 aromatic rings. The van der Waals surface area contributed by atoms with Gasteiger partial charge in [0.1, 0.15) is 11.5 Å². The number of ether oxygens (including phenoxy) is 2. The molecule has 2 amide bonds. The van der Waals surface area contributed by atoms with Crippen molar-refractivity contribution in [3.8, 4) is 11.5 Å². The molecule has 0 saturated carbocycles. The minimum atomic E-state index is -0.388. The molecule has 1 N–H and O–H groups in total. The molecule has 0 bridgehead atoms. The molecule has 0 aliphatic carbocycles. The lowest BCUT2D eigenvalue weighted by Gasteiger charge is -2.41. The van der Waals surface area contributed by atoms with Gasteiger partial charge in [-0.25, -0.2) is 0 Å². The molecule has 0 aromatic heterocycles. The molecule has 6 heteroatoms. The summed E-state index contributed by atoms with van der Waals surface area (Å²) < 4.78 is 11.3. The van der Waals surface area contributed by atoms with E-state index in [-0.39, 0.29) is 23.8 Å². The number of rotatable bonds is 9. The number of hydrogen-bond donors (Lipinski definition) is 1. The molecule has 0 spiro atoms. The van der Waals surface area contributed by atoms with Crippen LogP contribution in [0.25, 0.3) is 0 Å². The maximum absolute atomic E-state index is 13.5. The third-order valence-electron chi connectivity index (χ3n) is 5.70. The van der Waals surface area contributed by atoms with E-state index in [0.29, 0.717) is 43.2 Å². The quantitative estimate of drug-likeness (QED) is 0.627. The van der Waals surface area contributed by atoms with Gasteiger partial charge in [0.25, 0.3) is 0 Å². The standard InChI is InChI=1S/C25H32N2O4/c1-4-6-17-27-23(28)16-15-19(24(27)18-11-7-9-13-21(18)30-3)25(29)26-20-12-8-10-14-22(20)31-5-2/h7-14,19,24H,4-6,15-17H2,1-3H3,(H,26,29)/t19-,24+/m1/s1. The molecule has 2 aromatic carbocycles. The van der Waals surface area contributed by atoms with Gasteiger partial charge in [-0.15, -0.1) is 0 Å². The average molecular weight is 425 g/mol. The van der Waals surface area contributed by atoms with Gasteiger partial charge in [0, 0.05) is 18.5 Å². The lowest BCUT2D eigenvalue weighted by Crippen LogP contribution is -2.47. The first-order chi connectivity index (χ1) is 15.1. The molecule has 1 aliphatic rings. The monoisotopic (exact) mass is 424 g/mol. The number of anilines is 1. The summed E-state index contributed by atoms with van der Waals surface area (Å²) in [6.45, 7) is 5.15. The van der Waals surface area contributed by atoms with Crippen molar-refractivity contribution in [1.29, 1.82) is 0 Å². The maximum atomic E-state index is 13.5. The van der Waals surface area contributed by atoms with E-state index in [1.54, 1.807) is 7.11 Å². The number of likely N-dealkylation sites (tertiary alicyclic amines) is 1. The van der Waals surface area contributed by atoms with Crippen LogP contribution < -0.4 is 14.8 Å². The van der Waals surface area contributed by atoms with Gasteiger partial charge in [-0.05, 0) is 38.0 Å². The first-order valence-electron chi connectivity index (χ1n) is 11.1. The summed E-state index contributed by atoms with van der Waals surface area (Å²) in [7, 11) is 1.62. The van der Waals surface area contributed by atoms with E-state index < -0.39 is 0 Å². The molecule has 0 unspecified atom stereocenters. The topological polar surface area (TPSA) is 67.9 Å². The van der Waals surface area contributed by atoms with Gasteiger partial charge >= 0.3 is 0 Å². The zero-order valence-electron chi connectivity index (χ0n) is 18.6. The summed E-state index contributed by atoms with van der Waals surface area (Å²) in [4.78, 5) is 28.2. The highest BCUT2D eigenvalue weighted by Crippen LogP contribution is 2.41. The van der Waals surface area contributed by atoms with Gasteiger partial charge in [0.05, 0.1) is 31.4 Å². The summed E-state index contributed by atoms with van der Waals surface area (Å²) in [5.74, 6) is 0.916. The summed E-state index contributed by atoms with van der Waals surface area (Å²) in [5.41, 5.74) is 1.51. The van der Waals surface area contributed by atoms with Gasteiger partial charge < -0.3 is 19.7 Å². The van der Waals surface area contributed by atoms with Crippen LogP contribution in [-0.4, -0.2) is 37.0 Å². The van der Waals surface area contributed by atoms with Crippen molar-refractivity contribution in [1.82, 2.24) is 4.90 Å². The first kappa shape index (κ1) is 22.7. The number of carbonyl (C=O) groups excluding carboxylic acids is 2. The predicted octanol–water partition coefficient (Wildman–Crippen LogP) is 4.81. The fraction of sp³-hybridized carbons (Fsp3) is 0.440. The maximum Gasteiger partial charge on any atom is 0.230 e. The Morgan fingerprint density at radius 3 is 2.52 bits per heavy atom. The van der Waals surface area contributed by atoms with Crippen LogP contribution in [0, 0.1) is 5.92 Å². The summed E-state index contributed by atoms with van der Waals surface area (Å²) >= 11 is 0. The molecule has 1 fully saturated rings. The molecule has 1 aliphatic heterocycles. The van der Waals surface area contributed by atoms with Gasteiger partial charge in [-0.1, -0.05) is 43.7 Å². The Morgan fingerprint density at radius 1 is 1.10 bits per heavy atom. The molecule has 1 heterocycles. The van der Waals surface area contributed by atoms with E-state index >= 15 is 0 Å². The minimum absolute atomic E-state index is 0.0862. The zero-order valence-corrected chi connectivity index (χ0v) is 18.6. The second-order valence-corrected chi connectivity index (χ2v) is 7.69. The van der Waals surface area contributed by atoms with Crippen molar-refractivity contribution in [2.45, 2.75) is 45.6 Å². The Kier molecular flexibility index (Phi) is 7.93. The number of unbranched alkanes of at least 4 members (excludes halogenated alkanes) is 1. The molecular weight excluding hydrogens is 392 g/mol. The van der Waals surface area contributed by atoms with E-state index in [1.807, 2.05) is 60.4 Å². The predicted molar refractivity (Wildman–Crippen MR) is 121 cm³/mol. The molecule has 31 heavy (non-hydrogen) atoms. The Bertz CT molecular complexity index is 899. The highest BCUT2D eigenvalue weighted by Gasteiger charge is 2.41. The van der Waals surface area contributed by atoms with Crippen LogP contribution in [0.4, 0.5) is 5.69 Å². The number of para-hydroxylation sites is 3. The Balaban J connectivity index is 1.96. The van der Waals surface area contributed by atoms with Crippen LogP contribution in [0.1, 0.15) is 51.1 Å². The van der Waals surface area contributed by atoms with E-state index in [4.69, 9.17) is 9.47 Å².